The molecule has 2 N–H and O–H groups in total. The first-order valence-corrected chi connectivity index (χ1v) is 10.8. The van der Waals surface area contributed by atoms with Crippen molar-refractivity contribution in [2.75, 3.05) is 36.3 Å². The number of hydrogen-bond acceptors (Lipinski definition) is 4. The highest BCUT2D eigenvalue weighted by molar-refractivity contribution is 7.98. The Morgan fingerprint density at radius 3 is 2.36 bits per heavy atom. The number of thioether (sulfide) groups is 1. The number of nitrogens with one attached hydrogen (secondary N) is 2. The number of halogens is 2. The summed E-state index contributed by atoms with van der Waals surface area (Å²) in [5.74, 6) is 0.0442. The van der Waals surface area contributed by atoms with E-state index >= 15 is 0 Å². The van der Waals surface area contributed by atoms with E-state index in [0.717, 1.165) is 11.4 Å². The normalized spacial score (nSPS) is 11.6. The van der Waals surface area contributed by atoms with Crippen molar-refractivity contribution in [3.05, 3.63) is 58.1 Å². The van der Waals surface area contributed by atoms with Crippen molar-refractivity contribution < 1.29 is 9.59 Å². The number of carbonyl (C=O) groups is 2. The van der Waals surface area contributed by atoms with Gasteiger partial charge in [-0.05, 0) is 60.9 Å². The van der Waals surface area contributed by atoms with Crippen molar-refractivity contribution in [3.63, 3.8) is 0 Å². The molecule has 0 aliphatic heterocycles. The molecule has 0 saturated heterocycles. The summed E-state index contributed by atoms with van der Waals surface area (Å²) >= 11 is 13.6. The molecule has 0 heterocycles. The van der Waals surface area contributed by atoms with Gasteiger partial charge in [-0.1, -0.05) is 23.2 Å². The third-order valence-corrected chi connectivity index (χ3v) is 5.25. The average Bonchev–Trinajstić information content (AvgIpc) is 2.65. The molecule has 1 atom stereocenters. The first-order valence-electron chi connectivity index (χ1n) is 8.65. The number of amides is 2. The lowest BCUT2D eigenvalue weighted by Gasteiger charge is -2.19. The van der Waals surface area contributed by atoms with E-state index in [4.69, 9.17) is 23.2 Å². The van der Waals surface area contributed by atoms with Crippen molar-refractivity contribution >= 4 is 58.2 Å². The lowest BCUT2D eigenvalue weighted by molar-refractivity contribution is -0.118. The third-order valence-electron chi connectivity index (χ3n) is 4.06. The fraction of sp³-hybridized carbons (Fsp3) is 0.300. The molecule has 2 aromatic carbocycles. The van der Waals surface area contributed by atoms with E-state index in [0.29, 0.717) is 17.1 Å². The Bertz CT molecular complexity index is 829. The second-order valence-electron chi connectivity index (χ2n) is 6.36. The van der Waals surface area contributed by atoms with Gasteiger partial charge in [0.1, 0.15) is 6.04 Å². The SMILES string of the molecule is CSCCC(NC(=O)c1ccc(Cl)cc1Cl)C(=O)Nc1ccc(N(C)C)cc1. The first kappa shape index (κ1) is 22.4. The molecule has 0 aliphatic carbocycles. The monoisotopic (exact) mass is 439 g/mol. The zero-order valence-corrected chi connectivity index (χ0v) is 18.3. The number of carbonyl (C=O) groups excluding carboxylic acids is 2. The highest BCUT2D eigenvalue weighted by Crippen LogP contribution is 2.21. The first-order chi connectivity index (χ1) is 13.3. The van der Waals surface area contributed by atoms with E-state index in [1.807, 2.05) is 49.5 Å². The Labute approximate surface area is 179 Å². The van der Waals surface area contributed by atoms with Gasteiger partial charge in [-0.3, -0.25) is 9.59 Å². The fourth-order valence-electron chi connectivity index (χ4n) is 2.49. The van der Waals surface area contributed by atoms with E-state index in [-0.39, 0.29) is 16.5 Å². The molecule has 0 bridgehead atoms. The smallest absolute Gasteiger partial charge is 0.253 e. The van der Waals surface area contributed by atoms with E-state index in [1.54, 1.807) is 23.9 Å². The van der Waals surface area contributed by atoms with Crippen LogP contribution in [0.25, 0.3) is 0 Å². The van der Waals surface area contributed by atoms with E-state index in [2.05, 4.69) is 10.6 Å². The predicted octanol–water partition coefficient (Wildman–Crippen LogP) is 4.55. The summed E-state index contributed by atoms with van der Waals surface area (Å²) in [7, 11) is 3.90. The van der Waals surface area contributed by atoms with Gasteiger partial charge in [-0.2, -0.15) is 11.8 Å². The Balaban J connectivity index is 2.10. The molecule has 2 rings (SSSR count). The van der Waals surface area contributed by atoms with E-state index < -0.39 is 11.9 Å². The molecular weight excluding hydrogens is 417 g/mol. The molecule has 0 fully saturated rings. The number of benzene rings is 2. The Morgan fingerprint density at radius 1 is 1.11 bits per heavy atom. The Hall–Kier alpha value is -1.89. The Morgan fingerprint density at radius 2 is 1.79 bits per heavy atom. The van der Waals surface area contributed by atoms with Crippen molar-refractivity contribution in [1.82, 2.24) is 5.32 Å². The quantitative estimate of drug-likeness (QED) is 0.633. The molecule has 5 nitrogen and oxygen atoms in total. The van der Waals surface area contributed by atoms with E-state index in [1.165, 1.54) is 6.07 Å². The van der Waals surface area contributed by atoms with Gasteiger partial charge in [0, 0.05) is 30.5 Å². The van der Waals surface area contributed by atoms with Crippen LogP contribution in [-0.2, 0) is 4.79 Å². The van der Waals surface area contributed by atoms with Gasteiger partial charge in [0.2, 0.25) is 5.91 Å². The molecule has 1 unspecified atom stereocenters. The van der Waals surface area contributed by atoms with Crippen LogP contribution in [0.2, 0.25) is 10.0 Å². The number of hydrogen-bond donors (Lipinski definition) is 2. The standard InChI is InChI=1S/C20H23Cl2N3O2S/c1-25(2)15-7-5-14(6-8-15)23-20(27)18(10-11-28-3)24-19(26)16-9-4-13(21)12-17(16)22/h4-9,12,18H,10-11H2,1-3H3,(H,23,27)(H,24,26). The second kappa shape index (κ2) is 10.6. The molecule has 0 aromatic heterocycles. The van der Waals surface area contributed by atoms with Gasteiger partial charge in [-0.25, -0.2) is 0 Å². The van der Waals surface area contributed by atoms with Crippen molar-refractivity contribution in [2.45, 2.75) is 12.5 Å². The molecule has 0 spiro atoms. The fourth-order valence-corrected chi connectivity index (χ4v) is 3.45. The van der Waals surface area contributed by atoms with Crippen LogP contribution in [0, 0.1) is 0 Å². The molecule has 28 heavy (non-hydrogen) atoms. The molecule has 8 heteroatoms. The predicted molar refractivity (Wildman–Crippen MR) is 120 cm³/mol. The summed E-state index contributed by atoms with van der Waals surface area (Å²) in [6.07, 6.45) is 2.45. The zero-order valence-electron chi connectivity index (χ0n) is 16.0. The maximum absolute atomic E-state index is 12.7. The Kier molecular flexibility index (Phi) is 8.48. The van der Waals surface area contributed by atoms with Gasteiger partial charge in [-0.15, -0.1) is 0 Å². The summed E-state index contributed by atoms with van der Waals surface area (Å²) in [6.45, 7) is 0. The van der Waals surface area contributed by atoms with Crippen LogP contribution in [0.15, 0.2) is 42.5 Å². The zero-order chi connectivity index (χ0) is 20.7. The summed E-state index contributed by atoms with van der Waals surface area (Å²) in [4.78, 5) is 27.3. The second-order valence-corrected chi connectivity index (χ2v) is 8.19. The van der Waals surface area contributed by atoms with Gasteiger partial charge in [0.05, 0.1) is 10.6 Å². The van der Waals surface area contributed by atoms with Crippen LogP contribution < -0.4 is 15.5 Å². The van der Waals surface area contributed by atoms with Crippen molar-refractivity contribution in [3.8, 4) is 0 Å². The van der Waals surface area contributed by atoms with Gasteiger partial charge in [0.25, 0.3) is 5.91 Å². The molecule has 2 aromatic rings. The summed E-state index contributed by atoms with van der Waals surface area (Å²) in [6, 6.07) is 11.4. The summed E-state index contributed by atoms with van der Waals surface area (Å²) in [5.41, 5.74) is 1.98. The molecule has 0 saturated carbocycles. The highest BCUT2D eigenvalue weighted by Gasteiger charge is 2.22. The van der Waals surface area contributed by atoms with Crippen molar-refractivity contribution in [2.24, 2.45) is 0 Å². The van der Waals surface area contributed by atoms with Crippen LogP contribution in [0.1, 0.15) is 16.8 Å². The number of rotatable bonds is 8. The molecule has 2 amide bonds. The number of nitrogens with zero attached hydrogens (tertiary/aromatic N) is 1. The highest BCUT2D eigenvalue weighted by atomic mass is 35.5. The van der Waals surface area contributed by atoms with Crippen LogP contribution in [-0.4, -0.2) is 44.0 Å². The largest absolute Gasteiger partial charge is 0.378 e. The minimum atomic E-state index is -0.680. The van der Waals surface area contributed by atoms with Crippen LogP contribution >= 0.6 is 35.0 Å². The number of anilines is 2. The summed E-state index contributed by atoms with van der Waals surface area (Å²) in [5, 5.41) is 6.33. The maximum atomic E-state index is 12.7. The maximum Gasteiger partial charge on any atom is 0.253 e. The molecule has 0 aliphatic rings. The average molecular weight is 440 g/mol. The third kappa shape index (κ3) is 6.33. The molecular formula is C20H23Cl2N3O2S. The van der Waals surface area contributed by atoms with Gasteiger partial charge in [0.15, 0.2) is 0 Å². The lowest BCUT2D eigenvalue weighted by atomic mass is 10.1. The molecule has 150 valence electrons. The minimum Gasteiger partial charge on any atom is -0.378 e. The topological polar surface area (TPSA) is 61.4 Å². The lowest BCUT2D eigenvalue weighted by Crippen LogP contribution is -2.44. The van der Waals surface area contributed by atoms with Crippen LogP contribution in [0.5, 0.6) is 0 Å². The van der Waals surface area contributed by atoms with Crippen LogP contribution in [0.4, 0.5) is 11.4 Å². The summed E-state index contributed by atoms with van der Waals surface area (Å²) < 4.78 is 0. The molecule has 0 radical (unpaired) electrons. The van der Waals surface area contributed by atoms with Crippen molar-refractivity contribution in [1.29, 1.82) is 0 Å². The van der Waals surface area contributed by atoms with E-state index in [9.17, 15) is 9.59 Å². The van der Waals surface area contributed by atoms with Gasteiger partial charge < -0.3 is 15.5 Å². The van der Waals surface area contributed by atoms with Gasteiger partial charge >= 0.3 is 0 Å². The minimum absolute atomic E-state index is 0.244. The van der Waals surface area contributed by atoms with Crippen LogP contribution in [0.3, 0.4) is 0 Å².